The second-order valence-electron chi connectivity index (χ2n) is 2.71. The highest BCUT2D eigenvalue weighted by atomic mass is 16.6. The first-order chi connectivity index (χ1) is 7.52. The van der Waals surface area contributed by atoms with Crippen LogP contribution < -0.4 is 11.2 Å². The molecule has 0 radical (unpaired) electrons. The Morgan fingerprint density at radius 1 is 1.62 bits per heavy atom. The van der Waals surface area contributed by atoms with Crippen LogP contribution >= 0.6 is 0 Å². The zero-order valence-corrected chi connectivity index (χ0v) is 7.95. The molecule has 0 heterocycles. The predicted octanol–water partition coefficient (Wildman–Crippen LogP) is 0.303. The number of urea groups is 1. The molecule has 0 fully saturated rings. The minimum atomic E-state index is -0.874. The van der Waals surface area contributed by atoms with Crippen molar-refractivity contribution in [3.63, 3.8) is 0 Å². The van der Waals surface area contributed by atoms with Gasteiger partial charge in [0.15, 0.2) is 0 Å². The molecule has 0 unspecified atom stereocenters. The van der Waals surface area contributed by atoms with E-state index in [2.05, 4.69) is 5.10 Å². The fraction of sp³-hybridized carbons (Fsp3) is 0. The molecule has 0 aromatic heterocycles. The average molecular weight is 224 g/mol. The molecule has 84 valence electrons. The van der Waals surface area contributed by atoms with Gasteiger partial charge in [0.25, 0.3) is 0 Å². The largest absolute Gasteiger partial charge is 0.502 e. The molecule has 8 heteroatoms. The number of hydrogen-bond donors (Lipinski definition) is 3. The van der Waals surface area contributed by atoms with Gasteiger partial charge in [-0.25, -0.2) is 10.2 Å². The molecule has 0 saturated carbocycles. The Bertz CT molecular complexity index is 457. The van der Waals surface area contributed by atoms with E-state index in [0.717, 1.165) is 12.3 Å². The summed E-state index contributed by atoms with van der Waals surface area (Å²) in [6, 6.07) is 3.05. The summed E-state index contributed by atoms with van der Waals surface area (Å²) in [7, 11) is 0. The fourth-order valence-corrected chi connectivity index (χ4v) is 0.966. The van der Waals surface area contributed by atoms with E-state index in [4.69, 9.17) is 5.73 Å². The second kappa shape index (κ2) is 4.73. The molecule has 4 N–H and O–H groups in total. The van der Waals surface area contributed by atoms with Crippen molar-refractivity contribution < 1.29 is 14.8 Å². The molecule has 0 spiro atoms. The number of nitrogens with two attached hydrogens (primary N) is 1. The molecule has 2 amide bonds. The third kappa shape index (κ3) is 2.67. The molecule has 0 aliphatic rings. The van der Waals surface area contributed by atoms with Crippen molar-refractivity contribution in [2.75, 3.05) is 0 Å². The number of primary amides is 1. The summed E-state index contributed by atoms with van der Waals surface area (Å²) in [5, 5.41) is 23.3. The van der Waals surface area contributed by atoms with Gasteiger partial charge in [-0.2, -0.15) is 5.10 Å². The lowest BCUT2D eigenvalue weighted by Gasteiger charge is -1.99. The van der Waals surface area contributed by atoms with E-state index in [1.807, 2.05) is 5.43 Å². The highest BCUT2D eigenvalue weighted by Gasteiger charge is 2.14. The van der Waals surface area contributed by atoms with Gasteiger partial charge >= 0.3 is 11.7 Å². The number of phenols is 1. The van der Waals surface area contributed by atoms with Gasteiger partial charge in [-0.05, 0) is 6.07 Å². The topological polar surface area (TPSA) is 131 Å². The second-order valence-corrected chi connectivity index (χ2v) is 2.71. The molecule has 8 nitrogen and oxygen atoms in total. The quantitative estimate of drug-likeness (QED) is 0.387. The molecule has 0 aliphatic carbocycles. The smallest absolute Gasteiger partial charge is 0.332 e. The van der Waals surface area contributed by atoms with Gasteiger partial charge in [0.1, 0.15) is 0 Å². The number of phenolic OH excluding ortho intramolecular Hbond substituents is 1. The Morgan fingerprint density at radius 3 is 2.88 bits per heavy atom. The number of nitro groups is 1. The SMILES string of the molecule is NC(=O)N/N=C/c1cccc([N+](=O)[O-])c1O. The van der Waals surface area contributed by atoms with Gasteiger partial charge < -0.3 is 10.8 Å². The molecule has 0 bridgehead atoms. The standard InChI is InChI=1S/C8H8N4O4/c9-8(14)11-10-4-5-2-1-3-6(7(5)13)12(15)16/h1-4,13H,(H3,9,11,14)/b10-4+. The lowest BCUT2D eigenvalue weighted by Crippen LogP contribution is -2.24. The molecule has 1 aromatic rings. The number of aromatic hydroxyl groups is 1. The maximum Gasteiger partial charge on any atom is 0.332 e. The first-order valence-electron chi connectivity index (χ1n) is 4.07. The van der Waals surface area contributed by atoms with Gasteiger partial charge in [0.05, 0.1) is 11.1 Å². The zero-order valence-electron chi connectivity index (χ0n) is 7.95. The number of hydrazone groups is 1. The normalized spacial score (nSPS) is 10.2. The third-order valence-corrected chi connectivity index (χ3v) is 1.62. The molecular formula is C8H8N4O4. The van der Waals surface area contributed by atoms with Crippen molar-refractivity contribution in [1.82, 2.24) is 5.43 Å². The van der Waals surface area contributed by atoms with Crippen molar-refractivity contribution in [3.05, 3.63) is 33.9 Å². The Balaban J connectivity index is 2.97. The van der Waals surface area contributed by atoms with Crippen LogP contribution in [0.1, 0.15) is 5.56 Å². The first-order valence-corrected chi connectivity index (χ1v) is 4.07. The highest BCUT2D eigenvalue weighted by molar-refractivity contribution is 5.86. The number of carbonyl (C=O) groups is 1. The summed E-state index contributed by atoms with van der Waals surface area (Å²) in [4.78, 5) is 20.0. The third-order valence-electron chi connectivity index (χ3n) is 1.62. The van der Waals surface area contributed by atoms with Crippen molar-refractivity contribution >= 4 is 17.9 Å². The molecule has 1 aromatic carbocycles. The Labute approximate surface area is 89.5 Å². The van der Waals surface area contributed by atoms with E-state index in [9.17, 15) is 20.0 Å². The Kier molecular flexibility index (Phi) is 3.38. The maximum atomic E-state index is 10.5. The first kappa shape index (κ1) is 11.4. The summed E-state index contributed by atoms with van der Waals surface area (Å²) < 4.78 is 0. The number of nitro benzene ring substituents is 1. The van der Waals surface area contributed by atoms with E-state index >= 15 is 0 Å². The van der Waals surface area contributed by atoms with E-state index in [1.165, 1.54) is 12.1 Å². The van der Waals surface area contributed by atoms with E-state index in [-0.39, 0.29) is 5.56 Å². The van der Waals surface area contributed by atoms with Crippen LogP contribution in [-0.4, -0.2) is 22.3 Å². The summed E-state index contributed by atoms with van der Waals surface area (Å²) in [6.45, 7) is 0. The molecular weight excluding hydrogens is 216 g/mol. The number of hydrogen-bond acceptors (Lipinski definition) is 5. The minimum Gasteiger partial charge on any atom is -0.502 e. The number of amides is 2. The number of para-hydroxylation sites is 1. The summed E-state index contributed by atoms with van der Waals surface area (Å²) in [6.07, 6.45) is 1.05. The Morgan fingerprint density at radius 2 is 2.31 bits per heavy atom. The van der Waals surface area contributed by atoms with Crippen LogP contribution in [0, 0.1) is 10.1 Å². The van der Waals surface area contributed by atoms with Crippen LogP contribution in [0.25, 0.3) is 0 Å². The van der Waals surface area contributed by atoms with Crippen LogP contribution in [0.15, 0.2) is 23.3 Å². The lowest BCUT2D eigenvalue weighted by atomic mass is 10.2. The predicted molar refractivity (Wildman–Crippen MR) is 55.1 cm³/mol. The van der Waals surface area contributed by atoms with Gasteiger partial charge in [0, 0.05) is 11.6 Å². The van der Waals surface area contributed by atoms with Gasteiger partial charge in [0.2, 0.25) is 5.75 Å². The summed E-state index contributed by atoms with van der Waals surface area (Å²) in [5.41, 5.74) is 6.29. The van der Waals surface area contributed by atoms with E-state index in [1.54, 1.807) is 0 Å². The van der Waals surface area contributed by atoms with E-state index in [0.29, 0.717) is 0 Å². The highest BCUT2D eigenvalue weighted by Crippen LogP contribution is 2.27. The van der Waals surface area contributed by atoms with Gasteiger partial charge in [-0.3, -0.25) is 10.1 Å². The van der Waals surface area contributed by atoms with Crippen LogP contribution in [0.3, 0.4) is 0 Å². The lowest BCUT2D eigenvalue weighted by molar-refractivity contribution is -0.385. The molecule has 0 aliphatic heterocycles. The average Bonchev–Trinajstić information content (AvgIpc) is 2.19. The zero-order chi connectivity index (χ0) is 12.1. The van der Waals surface area contributed by atoms with Crippen molar-refractivity contribution in [3.8, 4) is 5.75 Å². The number of nitrogens with one attached hydrogen (secondary N) is 1. The molecule has 16 heavy (non-hydrogen) atoms. The van der Waals surface area contributed by atoms with Crippen molar-refractivity contribution in [2.45, 2.75) is 0 Å². The molecule has 0 atom stereocenters. The van der Waals surface area contributed by atoms with Crippen molar-refractivity contribution in [2.24, 2.45) is 10.8 Å². The number of rotatable bonds is 3. The summed E-state index contributed by atoms with van der Waals surface area (Å²) in [5.74, 6) is -0.525. The minimum absolute atomic E-state index is 0.1000. The van der Waals surface area contributed by atoms with Gasteiger partial charge in [-0.1, -0.05) is 6.07 Å². The monoisotopic (exact) mass is 224 g/mol. The van der Waals surface area contributed by atoms with E-state index < -0.39 is 22.4 Å². The number of nitrogens with zero attached hydrogens (tertiary/aromatic N) is 2. The maximum absolute atomic E-state index is 10.5. The summed E-state index contributed by atoms with van der Waals surface area (Å²) >= 11 is 0. The van der Waals surface area contributed by atoms with Gasteiger partial charge in [-0.15, -0.1) is 0 Å². The van der Waals surface area contributed by atoms with Crippen LogP contribution in [0.5, 0.6) is 5.75 Å². The Hall–Kier alpha value is -2.64. The fourth-order valence-electron chi connectivity index (χ4n) is 0.966. The van der Waals surface area contributed by atoms with Crippen LogP contribution in [0.2, 0.25) is 0 Å². The van der Waals surface area contributed by atoms with Crippen LogP contribution in [0.4, 0.5) is 10.5 Å². The molecule has 1 rings (SSSR count). The molecule has 0 saturated heterocycles. The van der Waals surface area contributed by atoms with Crippen molar-refractivity contribution in [1.29, 1.82) is 0 Å². The number of carbonyl (C=O) groups excluding carboxylic acids is 1. The van der Waals surface area contributed by atoms with Crippen LogP contribution in [-0.2, 0) is 0 Å². The number of benzene rings is 1.